The van der Waals surface area contributed by atoms with E-state index in [2.05, 4.69) is 22.5 Å². The van der Waals surface area contributed by atoms with E-state index >= 15 is 0 Å². The Hall–Kier alpha value is -1.86. The first-order valence-corrected chi connectivity index (χ1v) is 12.1. The van der Waals surface area contributed by atoms with Crippen molar-refractivity contribution in [3.05, 3.63) is 40.4 Å². The van der Waals surface area contributed by atoms with Crippen LogP contribution in [0.2, 0.25) is 0 Å². The molecule has 0 saturated heterocycles. The Morgan fingerprint density at radius 2 is 1.97 bits per heavy atom. The van der Waals surface area contributed by atoms with Gasteiger partial charge in [-0.15, -0.1) is 23.1 Å². The highest BCUT2D eigenvalue weighted by Crippen LogP contribution is 2.27. The Bertz CT molecular complexity index is 844. The van der Waals surface area contributed by atoms with Gasteiger partial charge in [0, 0.05) is 16.3 Å². The van der Waals surface area contributed by atoms with Crippen LogP contribution in [-0.2, 0) is 11.2 Å². The number of rotatable bonds is 8. The molecule has 156 valence electrons. The molecule has 1 aromatic carbocycles. The number of carbonyl (C=O) groups is 2. The number of amides is 2. The predicted molar refractivity (Wildman–Crippen MR) is 121 cm³/mol. The third kappa shape index (κ3) is 6.31. The van der Waals surface area contributed by atoms with Gasteiger partial charge in [-0.25, -0.2) is 4.98 Å². The van der Waals surface area contributed by atoms with Crippen molar-refractivity contribution in [1.29, 1.82) is 0 Å². The Kier molecular flexibility index (Phi) is 8.12. The Morgan fingerprint density at radius 3 is 2.69 bits per heavy atom. The molecule has 3 rings (SSSR count). The monoisotopic (exact) mass is 431 g/mol. The second-order valence-electron chi connectivity index (χ2n) is 7.42. The van der Waals surface area contributed by atoms with Gasteiger partial charge in [-0.3, -0.25) is 14.9 Å². The zero-order valence-electron chi connectivity index (χ0n) is 17.1. The standard InChI is InChI=1S/C22H29N3O2S2/c1-3-18-15(2)29-22(24-18)25-21(27)17-11-7-8-12-19(17)28-14-20(26)23-13-16-9-5-4-6-10-16/h7-8,11-12,16H,3-6,9-10,13-14H2,1-2H3,(H,23,26)(H,24,25,27). The van der Waals surface area contributed by atoms with Crippen LogP contribution in [0, 0.1) is 12.8 Å². The van der Waals surface area contributed by atoms with E-state index in [1.807, 2.05) is 25.1 Å². The molecule has 0 aliphatic heterocycles. The van der Waals surface area contributed by atoms with E-state index in [0.29, 0.717) is 22.4 Å². The summed E-state index contributed by atoms with van der Waals surface area (Å²) in [7, 11) is 0. The second-order valence-corrected chi connectivity index (χ2v) is 9.64. The normalized spacial score (nSPS) is 14.6. The molecule has 1 fully saturated rings. The quantitative estimate of drug-likeness (QED) is 0.574. The average Bonchev–Trinajstić information content (AvgIpc) is 3.10. The molecular weight excluding hydrogens is 402 g/mol. The maximum Gasteiger partial charge on any atom is 0.258 e. The molecule has 7 heteroatoms. The first-order valence-electron chi connectivity index (χ1n) is 10.3. The predicted octanol–water partition coefficient (Wildman–Crippen LogP) is 5.05. The fourth-order valence-corrected chi connectivity index (χ4v) is 5.37. The summed E-state index contributed by atoms with van der Waals surface area (Å²) in [5.41, 5.74) is 1.59. The van der Waals surface area contributed by atoms with E-state index in [9.17, 15) is 9.59 Å². The van der Waals surface area contributed by atoms with Crippen LogP contribution in [0.15, 0.2) is 29.2 Å². The van der Waals surface area contributed by atoms with Gasteiger partial charge in [0.05, 0.1) is 17.0 Å². The SMILES string of the molecule is CCc1nc(NC(=O)c2ccccc2SCC(=O)NCC2CCCCC2)sc1C. The van der Waals surface area contributed by atoms with E-state index in [0.717, 1.165) is 28.4 Å². The molecule has 2 N–H and O–H groups in total. The average molecular weight is 432 g/mol. The molecule has 1 heterocycles. The summed E-state index contributed by atoms with van der Waals surface area (Å²) in [5.74, 6) is 0.768. The number of hydrogen-bond acceptors (Lipinski definition) is 5. The maximum atomic E-state index is 12.8. The van der Waals surface area contributed by atoms with E-state index in [-0.39, 0.29) is 11.8 Å². The van der Waals surface area contributed by atoms with E-state index < -0.39 is 0 Å². The van der Waals surface area contributed by atoms with Gasteiger partial charge in [0.25, 0.3) is 5.91 Å². The third-order valence-electron chi connectivity index (χ3n) is 5.25. The van der Waals surface area contributed by atoms with Crippen LogP contribution in [0.5, 0.6) is 0 Å². The fraction of sp³-hybridized carbons (Fsp3) is 0.500. The number of aryl methyl sites for hydroxylation is 2. The largest absolute Gasteiger partial charge is 0.355 e. The van der Waals surface area contributed by atoms with Gasteiger partial charge < -0.3 is 5.32 Å². The Labute approximate surface area is 181 Å². The van der Waals surface area contributed by atoms with Crippen LogP contribution < -0.4 is 10.6 Å². The molecule has 0 atom stereocenters. The Morgan fingerprint density at radius 1 is 1.21 bits per heavy atom. The van der Waals surface area contributed by atoms with E-state index in [4.69, 9.17) is 0 Å². The van der Waals surface area contributed by atoms with Crippen LogP contribution in [0.4, 0.5) is 5.13 Å². The smallest absolute Gasteiger partial charge is 0.258 e. The molecule has 1 saturated carbocycles. The number of nitrogens with zero attached hydrogens (tertiary/aromatic N) is 1. The van der Waals surface area contributed by atoms with Crippen molar-refractivity contribution in [2.45, 2.75) is 57.3 Å². The van der Waals surface area contributed by atoms with Gasteiger partial charge in [-0.2, -0.15) is 0 Å². The number of thiazole rings is 1. The highest BCUT2D eigenvalue weighted by molar-refractivity contribution is 8.00. The lowest BCUT2D eigenvalue weighted by Crippen LogP contribution is -2.31. The van der Waals surface area contributed by atoms with Crippen LogP contribution in [0.1, 0.15) is 60.0 Å². The van der Waals surface area contributed by atoms with Crippen molar-refractivity contribution in [2.24, 2.45) is 5.92 Å². The highest BCUT2D eigenvalue weighted by atomic mass is 32.2. The molecule has 2 aromatic rings. The second kappa shape index (κ2) is 10.8. The summed E-state index contributed by atoms with van der Waals surface area (Å²) in [4.78, 5) is 31.4. The zero-order valence-corrected chi connectivity index (χ0v) is 18.8. The molecule has 5 nitrogen and oxygen atoms in total. The Balaban J connectivity index is 1.55. The van der Waals surface area contributed by atoms with Gasteiger partial charge in [0.15, 0.2) is 5.13 Å². The van der Waals surface area contributed by atoms with Gasteiger partial charge in [-0.05, 0) is 44.2 Å². The molecule has 0 bridgehead atoms. The van der Waals surface area contributed by atoms with Crippen molar-refractivity contribution < 1.29 is 9.59 Å². The van der Waals surface area contributed by atoms with Gasteiger partial charge >= 0.3 is 0 Å². The topological polar surface area (TPSA) is 71.1 Å². The van der Waals surface area contributed by atoms with E-state index in [1.165, 1.54) is 55.2 Å². The molecule has 29 heavy (non-hydrogen) atoms. The van der Waals surface area contributed by atoms with E-state index in [1.54, 1.807) is 6.07 Å². The van der Waals surface area contributed by atoms with Gasteiger partial charge in [0.1, 0.15) is 0 Å². The highest BCUT2D eigenvalue weighted by Gasteiger charge is 2.17. The zero-order chi connectivity index (χ0) is 20.6. The van der Waals surface area contributed by atoms with Crippen molar-refractivity contribution >= 4 is 40.0 Å². The first-order chi connectivity index (χ1) is 14.1. The van der Waals surface area contributed by atoms with Crippen molar-refractivity contribution in [3.63, 3.8) is 0 Å². The van der Waals surface area contributed by atoms with Crippen LogP contribution in [-0.4, -0.2) is 29.1 Å². The summed E-state index contributed by atoms with van der Waals surface area (Å²) in [6.07, 6.45) is 7.14. The lowest BCUT2D eigenvalue weighted by molar-refractivity contribution is -0.118. The minimum absolute atomic E-state index is 0.0268. The maximum absolute atomic E-state index is 12.8. The number of benzene rings is 1. The molecule has 0 radical (unpaired) electrons. The molecule has 1 aliphatic carbocycles. The first kappa shape index (κ1) is 21.8. The minimum atomic E-state index is -0.188. The fourth-order valence-electron chi connectivity index (χ4n) is 3.60. The van der Waals surface area contributed by atoms with Crippen LogP contribution >= 0.6 is 23.1 Å². The van der Waals surface area contributed by atoms with Gasteiger partial charge in [0.2, 0.25) is 5.91 Å². The van der Waals surface area contributed by atoms with Crippen LogP contribution in [0.25, 0.3) is 0 Å². The molecule has 1 aromatic heterocycles. The lowest BCUT2D eigenvalue weighted by atomic mass is 9.89. The summed E-state index contributed by atoms with van der Waals surface area (Å²) in [5, 5.41) is 6.58. The third-order valence-corrected chi connectivity index (χ3v) is 7.25. The number of thioether (sulfide) groups is 1. The van der Waals surface area contributed by atoms with Crippen molar-refractivity contribution in [2.75, 3.05) is 17.6 Å². The number of hydrogen-bond donors (Lipinski definition) is 2. The molecule has 2 amide bonds. The summed E-state index contributed by atoms with van der Waals surface area (Å²) in [6, 6.07) is 7.41. The van der Waals surface area contributed by atoms with Crippen LogP contribution in [0.3, 0.4) is 0 Å². The molecule has 1 aliphatic rings. The molecule has 0 spiro atoms. The van der Waals surface area contributed by atoms with Crippen molar-refractivity contribution in [1.82, 2.24) is 10.3 Å². The number of anilines is 1. The number of carbonyl (C=O) groups excluding carboxylic acids is 2. The number of aromatic nitrogens is 1. The number of nitrogens with one attached hydrogen (secondary N) is 2. The summed E-state index contributed by atoms with van der Waals surface area (Å²) in [6.45, 7) is 4.84. The molecule has 0 unspecified atom stereocenters. The summed E-state index contributed by atoms with van der Waals surface area (Å²) < 4.78 is 0. The minimum Gasteiger partial charge on any atom is -0.355 e. The van der Waals surface area contributed by atoms with Gasteiger partial charge in [-0.1, -0.05) is 38.3 Å². The lowest BCUT2D eigenvalue weighted by Gasteiger charge is -2.21. The van der Waals surface area contributed by atoms with Crippen molar-refractivity contribution in [3.8, 4) is 0 Å². The summed E-state index contributed by atoms with van der Waals surface area (Å²) >= 11 is 2.90. The molecular formula is C22H29N3O2S2.